The number of benzene rings is 1. The lowest BCUT2D eigenvalue weighted by Gasteiger charge is -2.35. The number of hydrogen-bond donors (Lipinski definition) is 1. The van der Waals surface area contributed by atoms with Crippen LogP contribution in [0.1, 0.15) is 31.2 Å². The molecule has 1 aromatic carbocycles. The average molecular weight is 305 g/mol. The highest BCUT2D eigenvalue weighted by molar-refractivity contribution is 5.43. The first-order valence-corrected chi connectivity index (χ1v) is 8.23. The minimum absolute atomic E-state index is 0.269. The van der Waals surface area contributed by atoms with Crippen LogP contribution in [0.2, 0.25) is 0 Å². The molecule has 1 saturated carbocycles. The van der Waals surface area contributed by atoms with Gasteiger partial charge < -0.3 is 24.3 Å². The first-order valence-electron chi connectivity index (χ1n) is 8.23. The van der Waals surface area contributed by atoms with Gasteiger partial charge in [-0.1, -0.05) is 6.07 Å². The third kappa shape index (κ3) is 2.93. The van der Waals surface area contributed by atoms with Gasteiger partial charge in [-0.25, -0.2) is 0 Å². The molecule has 0 aromatic heterocycles. The van der Waals surface area contributed by atoms with Crippen LogP contribution in [0.4, 0.5) is 0 Å². The molecule has 4 rings (SSSR count). The SMILES string of the molecule is c1cc2c(cc1CNC1CCC3(CC1)OCCO3)OCCO2. The molecule has 0 bridgehead atoms. The zero-order valence-electron chi connectivity index (χ0n) is 12.8. The largest absolute Gasteiger partial charge is 0.486 e. The van der Waals surface area contributed by atoms with E-state index >= 15 is 0 Å². The van der Waals surface area contributed by atoms with Gasteiger partial charge in [0.2, 0.25) is 0 Å². The predicted octanol–water partition coefficient (Wildman–Crippen LogP) is 2.23. The number of ether oxygens (including phenoxy) is 4. The van der Waals surface area contributed by atoms with Gasteiger partial charge in [-0.15, -0.1) is 0 Å². The lowest BCUT2D eigenvalue weighted by molar-refractivity contribution is -0.179. The Kier molecular flexibility index (Phi) is 3.94. The Bertz CT molecular complexity index is 517. The van der Waals surface area contributed by atoms with Crippen LogP contribution in [0.15, 0.2) is 18.2 Å². The van der Waals surface area contributed by atoms with E-state index in [1.54, 1.807) is 0 Å². The topological polar surface area (TPSA) is 49.0 Å². The van der Waals surface area contributed by atoms with E-state index in [2.05, 4.69) is 17.4 Å². The van der Waals surface area contributed by atoms with E-state index in [4.69, 9.17) is 18.9 Å². The van der Waals surface area contributed by atoms with Crippen molar-refractivity contribution < 1.29 is 18.9 Å². The standard InChI is InChI=1S/C17H23NO4/c1-2-15-16(20-8-7-19-15)11-13(1)12-18-14-3-5-17(6-4-14)21-9-10-22-17/h1-2,11,14,18H,3-10,12H2. The van der Waals surface area contributed by atoms with Crippen LogP contribution in [0, 0.1) is 0 Å². The van der Waals surface area contributed by atoms with Crippen molar-refractivity contribution in [3.8, 4) is 11.5 Å². The van der Waals surface area contributed by atoms with Crippen LogP contribution in [0.3, 0.4) is 0 Å². The Morgan fingerprint density at radius 1 is 0.955 bits per heavy atom. The van der Waals surface area contributed by atoms with Crippen LogP contribution < -0.4 is 14.8 Å². The van der Waals surface area contributed by atoms with Crippen LogP contribution >= 0.6 is 0 Å². The molecular formula is C17H23NO4. The summed E-state index contributed by atoms with van der Waals surface area (Å²) in [5, 5.41) is 3.64. The highest BCUT2D eigenvalue weighted by Crippen LogP contribution is 2.36. The van der Waals surface area contributed by atoms with Gasteiger partial charge in [0.05, 0.1) is 13.2 Å². The van der Waals surface area contributed by atoms with E-state index < -0.39 is 0 Å². The summed E-state index contributed by atoms with van der Waals surface area (Å²) < 4.78 is 22.7. The van der Waals surface area contributed by atoms with Gasteiger partial charge in [0.15, 0.2) is 17.3 Å². The van der Waals surface area contributed by atoms with Gasteiger partial charge in [0, 0.05) is 25.4 Å². The molecule has 2 aliphatic heterocycles. The Morgan fingerprint density at radius 3 is 2.45 bits per heavy atom. The van der Waals surface area contributed by atoms with Crippen molar-refractivity contribution in [1.29, 1.82) is 0 Å². The summed E-state index contributed by atoms with van der Waals surface area (Å²) >= 11 is 0. The van der Waals surface area contributed by atoms with Gasteiger partial charge in [-0.3, -0.25) is 0 Å². The molecule has 1 N–H and O–H groups in total. The molecule has 0 atom stereocenters. The molecule has 3 aliphatic rings. The Morgan fingerprint density at radius 2 is 1.68 bits per heavy atom. The first kappa shape index (κ1) is 14.3. The molecular weight excluding hydrogens is 282 g/mol. The zero-order valence-corrected chi connectivity index (χ0v) is 12.8. The van der Waals surface area contributed by atoms with Gasteiger partial charge in [0.25, 0.3) is 0 Å². The van der Waals surface area contributed by atoms with Crippen molar-refractivity contribution >= 4 is 0 Å². The molecule has 1 saturated heterocycles. The lowest BCUT2D eigenvalue weighted by atomic mass is 9.90. The number of nitrogens with one attached hydrogen (secondary N) is 1. The fourth-order valence-corrected chi connectivity index (χ4v) is 3.51. The number of rotatable bonds is 3. The third-order valence-corrected chi connectivity index (χ3v) is 4.76. The summed E-state index contributed by atoms with van der Waals surface area (Å²) in [7, 11) is 0. The molecule has 5 nitrogen and oxygen atoms in total. The molecule has 22 heavy (non-hydrogen) atoms. The molecule has 1 aromatic rings. The van der Waals surface area contributed by atoms with E-state index in [-0.39, 0.29) is 5.79 Å². The molecule has 5 heteroatoms. The van der Waals surface area contributed by atoms with Crippen molar-refractivity contribution in [3.63, 3.8) is 0 Å². The molecule has 2 heterocycles. The van der Waals surface area contributed by atoms with Gasteiger partial charge in [0.1, 0.15) is 13.2 Å². The zero-order chi connectivity index (χ0) is 14.8. The molecule has 1 spiro atoms. The minimum atomic E-state index is -0.269. The molecule has 0 radical (unpaired) electrons. The maximum atomic E-state index is 5.77. The normalized spacial score (nSPS) is 23.8. The van der Waals surface area contributed by atoms with E-state index in [0.29, 0.717) is 19.3 Å². The Balaban J connectivity index is 1.30. The van der Waals surface area contributed by atoms with Crippen LogP contribution in [0.25, 0.3) is 0 Å². The summed E-state index contributed by atoms with van der Waals surface area (Å²) in [6.45, 7) is 3.62. The second kappa shape index (κ2) is 6.07. The Labute approximate surface area is 130 Å². The smallest absolute Gasteiger partial charge is 0.168 e. The fraction of sp³-hybridized carbons (Fsp3) is 0.647. The molecule has 0 amide bonds. The molecule has 1 aliphatic carbocycles. The second-order valence-electron chi connectivity index (χ2n) is 6.24. The van der Waals surface area contributed by atoms with Crippen LogP contribution in [-0.4, -0.2) is 38.3 Å². The Hall–Kier alpha value is -1.30. The highest BCUT2D eigenvalue weighted by atomic mass is 16.7. The van der Waals surface area contributed by atoms with Gasteiger partial charge in [-0.05, 0) is 30.5 Å². The summed E-state index contributed by atoms with van der Waals surface area (Å²) in [4.78, 5) is 0. The third-order valence-electron chi connectivity index (χ3n) is 4.76. The molecule has 120 valence electrons. The maximum absolute atomic E-state index is 5.77. The second-order valence-corrected chi connectivity index (χ2v) is 6.24. The monoisotopic (exact) mass is 305 g/mol. The summed E-state index contributed by atoms with van der Waals surface area (Å²) in [5.74, 6) is 1.45. The fourth-order valence-electron chi connectivity index (χ4n) is 3.51. The van der Waals surface area contributed by atoms with E-state index in [1.807, 2.05) is 6.07 Å². The predicted molar refractivity (Wildman–Crippen MR) is 81.2 cm³/mol. The van der Waals surface area contributed by atoms with Gasteiger partial charge in [-0.2, -0.15) is 0 Å². The summed E-state index contributed by atoms with van der Waals surface area (Å²) in [6.07, 6.45) is 4.19. The van der Waals surface area contributed by atoms with Crippen molar-refractivity contribution in [1.82, 2.24) is 5.32 Å². The summed E-state index contributed by atoms with van der Waals surface area (Å²) in [6, 6.07) is 6.72. The molecule has 2 fully saturated rings. The lowest BCUT2D eigenvalue weighted by Crippen LogP contribution is -2.41. The van der Waals surface area contributed by atoms with E-state index in [1.165, 1.54) is 5.56 Å². The highest BCUT2D eigenvalue weighted by Gasteiger charge is 2.40. The number of fused-ring (bicyclic) bond motifs is 1. The van der Waals surface area contributed by atoms with Crippen molar-refractivity contribution in [2.75, 3.05) is 26.4 Å². The maximum Gasteiger partial charge on any atom is 0.168 e. The summed E-state index contributed by atoms with van der Waals surface area (Å²) in [5.41, 5.74) is 1.23. The van der Waals surface area contributed by atoms with Crippen molar-refractivity contribution in [2.24, 2.45) is 0 Å². The van der Waals surface area contributed by atoms with Crippen molar-refractivity contribution in [2.45, 2.75) is 44.1 Å². The van der Waals surface area contributed by atoms with E-state index in [0.717, 1.165) is 56.9 Å². The minimum Gasteiger partial charge on any atom is -0.486 e. The van der Waals surface area contributed by atoms with Crippen LogP contribution in [0.5, 0.6) is 11.5 Å². The average Bonchev–Trinajstić information content (AvgIpc) is 3.02. The van der Waals surface area contributed by atoms with Crippen molar-refractivity contribution in [3.05, 3.63) is 23.8 Å². The molecule has 0 unspecified atom stereocenters. The first-order chi connectivity index (χ1) is 10.8. The van der Waals surface area contributed by atoms with E-state index in [9.17, 15) is 0 Å². The quantitative estimate of drug-likeness (QED) is 0.928. The van der Waals surface area contributed by atoms with Crippen LogP contribution in [-0.2, 0) is 16.0 Å². The number of hydrogen-bond acceptors (Lipinski definition) is 5. The van der Waals surface area contributed by atoms with Gasteiger partial charge >= 0.3 is 0 Å².